The summed E-state index contributed by atoms with van der Waals surface area (Å²) in [4.78, 5) is 0. The van der Waals surface area contributed by atoms with Crippen molar-refractivity contribution in [1.82, 2.24) is 5.32 Å². The summed E-state index contributed by atoms with van der Waals surface area (Å²) in [5.41, 5.74) is 3.45. The summed E-state index contributed by atoms with van der Waals surface area (Å²) in [5.74, 6) is 0. The fourth-order valence-electron chi connectivity index (χ4n) is 3.29. The highest BCUT2D eigenvalue weighted by Crippen LogP contribution is 2.37. The summed E-state index contributed by atoms with van der Waals surface area (Å²) < 4.78 is 0. The molecule has 1 heteroatoms. The molecule has 1 N–H and O–H groups in total. The monoisotopic (exact) mass is 315 g/mol. The van der Waals surface area contributed by atoms with Crippen molar-refractivity contribution in [3.63, 3.8) is 0 Å². The van der Waals surface area contributed by atoms with Crippen LogP contribution in [0.3, 0.4) is 0 Å². The van der Waals surface area contributed by atoms with Crippen LogP contribution in [0.15, 0.2) is 91.0 Å². The van der Waals surface area contributed by atoms with Gasteiger partial charge < -0.3 is 0 Å². The largest absolute Gasteiger partial charge is 0.297 e. The highest BCUT2D eigenvalue weighted by molar-refractivity contribution is 5.49. The van der Waals surface area contributed by atoms with Gasteiger partial charge in [0.05, 0.1) is 5.54 Å². The molecule has 24 heavy (non-hydrogen) atoms. The summed E-state index contributed by atoms with van der Waals surface area (Å²) >= 11 is 0. The van der Waals surface area contributed by atoms with Crippen molar-refractivity contribution >= 4 is 0 Å². The lowest BCUT2D eigenvalue weighted by atomic mass is 9.76. The van der Waals surface area contributed by atoms with E-state index in [-0.39, 0.29) is 5.54 Å². The van der Waals surface area contributed by atoms with E-state index in [1.807, 2.05) is 0 Å². The van der Waals surface area contributed by atoms with E-state index in [1.54, 1.807) is 0 Å². The molecule has 0 bridgehead atoms. The van der Waals surface area contributed by atoms with E-state index >= 15 is 0 Å². The second-order valence-electron chi connectivity index (χ2n) is 6.30. The molecule has 0 aliphatic heterocycles. The second-order valence-corrected chi connectivity index (χ2v) is 6.30. The van der Waals surface area contributed by atoms with Crippen molar-refractivity contribution in [3.05, 3.63) is 108 Å². The van der Waals surface area contributed by atoms with Gasteiger partial charge in [0.1, 0.15) is 0 Å². The van der Waals surface area contributed by atoms with E-state index in [0.29, 0.717) is 6.04 Å². The summed E-state index contributed by atoms with van der Waals surface area (Å²) in [7, 11) is 0. The standard InChI is InChI=1S/C23H25N/c1-3-19(2)24-23(20-13-7-4-8-14-20,21-15-9-5-10-16-21)22-17-11-6-12-18-22/h4-19,24H,3H2,1-2H3. The van der Waals surface area contributed by atoms with Crippen molar-refractivity contribution in [2.45, 2.75) is 31.8 Å². The molecular formula is C23H25N. The van der Waals surface area contributed by atoms with Gasteiger partial charge in [-0.05, 0) is 30.0 Å². The van der Waals surface area contributed by atoms with Crippen molar-refractivity contribution < 1.29 is 0 Å². The first kappa shape index (κ1) is 16.5. The molecule has 3 aromatic carbocycles. The molecule has 0 spiro atoms. The number of hydrogen-bond donors (Lipinski definition) is 1. The quantitative estimate of drug-likeness (QED) is 0.603. The molecule has 0 saturated carbocycles. The Morgan fingerprint density at radius 1 is 0.667 bits per heavy atom. The molecule has 0 aliphatic rings. The molecule has 1 atom stereocenters. The van der Waals surface area contributed by atoms with Crippen molar-refractivity contribution in [2.24, 2.45) is 0 Å². The average Bonchev–Trinajstić information content (AvgIpc) is 2.68. The van der Waals surface area contributed by atoms with Gasteiger partial charge in [-0.25, -0.2) is 0 Å². The molecule has 1 nitrogen and oxygen atoms in total. The summed E-state index contributed by atoms with van der Waals surface area (Å²) in [5, 5.41) is 3.93. The van der Waals surface area contributed by atoms with Crippen LogP contribution in [0.25, 0.3) is 0 Å². The Balaban J connectivity index is 2.28. The second kappa shape index (κ2) is 7.46. The summed E-state index contributed by atoms with van der Waals surface area (Å²) in [6.45, 7) is 4.48. The first-order chi connectivity index (χ1) is 11.8. The van der Waals surface area contributed by atoms with Crippen LogP contribution in [0.4, 0.5) is 0 Å². The molecular weight excluding hydrogens is 290 g/mol. The zero-order valence-corrected chi connectivity index (χ0v) is 14.4. The lowest BCUT2D eigenvalue weighted by molar-refractivity contribution is 0.400. The Hall–Kier alpha value is -2.38. The Labute approximate surface area is 145 Å². The van der Waals surface area contributed by atoms with Gasteiger partial charge >= 0.3 is 0 Å². The molecule has 0 saturated heterocycles. The minimum atomic E-state index is -0.348. The number of benzene rings is 3. The van der Waals surface area contributed by atoms with Gasteiger partial charge in [-0.3, -0.25) is 5.32 Å². The SMILES string of the molecule is CCC(C)NC(c1ccccc1)(c1ccccc1)c1ccccc1. The van der Waals surface area contributed by atoms with Gasteiger partial charge in [-0.1, -0.05) is 97.9 Å². The van der Waals surface area contributed by atoms with Crippen LogP contribution in [-0.4, -0.2) is 6.04 Å². The number of hydrogen-bond acceptors (Lipinski definition) is 1. The third-order valence-electron chi connectivity index (χ3n) is 4.70. The molecule has 0 aliphatic carbocycles. The lowest BCUT2D eigenvalue weighted by Gasteiger charge is -2.39. The third-order valence-corrected chi connectivity index (χ3v) is 4.70. The molecule has 3 aromatic rings. The van der Waals surface area contributed by atoms with Crippen LogP contribution < -0.4 is 5.32 Å². The fraction of sp³-hybridized carbons (Fsp3) is 0.217. The molecule has 3 rings (SSSR count). The average molecular weight is 315 g/mol. The van der Waals surface area contributed by atoms with Gasteiger partial charge in [-0.2, -0.15) is 0 Å². The maximum absolute atomic E-state index is 3.93. The molecule has 122 valence electrons. The van der Waals surface area contributed by atoms with Crippen molar-refractivity contribution in [3.8, 4) is 0 Å². The Morgan fingerprint density at radius 3 is 1.29 bits per heavy atom. The van der Waals surface area contributed by atoms with E-state index in [1.165, 1.54) is 16.7 Å². The van der Waals surface area contributed by atoms with E-state index in [0.717, 1.165) is 6.42 Å². The van der Waals surface area contributed by atoms with Gasteiger partial charge in [0.25, 0.3) is 0 Å². The van der Waals surface area contributed by atoms with Crippen LogP contribution >= 0.6 is 0 Å². The topological polar surface area (TPSA) is 12.0 Å². The van der Waals surface area contributed by atoms with Gasteiger partial charge in [0, 0.05) is 6.04 Å². The third kappa shape index (κ3) is 3.13. The Morgan fingerprint density at radius 2 is 1.00 bits per heavy atom. The number of nitrogens with one attached hydrogen (secondary N) is 1. The molecule has 0 fully saturated rings. The van der Waals surface area contributed by atoms with Gasteiger partial charge in [0.2, 0.25) is 0 Å². The van der Waals surface area contributed by atoms with E-state index in [4.69, 9.17) is 0 Å². The molecule has 0 amide bonds. The normalized spacial score (nSPS) is 12.8. The van der Waals surface area contributed by atoms with Crippen LogP contribution in [0.5, 0.6) is 0 Å². The van der Waals surface area contributed by atoms with Gasteiger partial charge in [-0.15, -0.1) is 0 Å². The zero-order valence-electron chi connectivity index (χ0n) is 14.4. The minimum Gasteiger partial charge on any atom is -0.297 e. The molecule has 0 heterocycles. The molecule has 0 aromatic heterocycles. The Kier molecular flexibility index (Phi) is 5.12. The van der Waals surface area contributed by atoms with Crippen LogP contribution in [-0.2, 0) is 5.54 Å². The smallest absolute Gasteiger partial charge is 0.0949 e. The Bertz CT molecular complexity index is 638. The predicted molar refractivity (Wildman–Crippen MR) is 102 cm³/mol. The van der Waals surface area contributed by atoms with Crippen molar-refractivity contribution in [1.29, 1.82) is 0 Å². The van der Waals surface area contributed by atoms with Gasteiger partial charge in [0.15, 0.2) is 0 Å². The maximum Gasteiger partial charge on any atom is 0.0949 e. The van der Waals surface area contributed by atoms with E-state index in [9.17, 15) is 0 Å². The fourth-order valence-corrected chi connectivity index (χ4v) is 3.29. The molecule has 1 unspecified atom stereocenters. The highest BCUT2D eigenvalue weighted by Gasteiger charge is 2.36. The zero-order chi connectivity index (χ0) is 16.8. The minimum absolute atomic E-state index is 0.348. The predicted octanol–water partition coefficient (Wildman–Crippen LogP) is 5.37. The maximum atomic E-state index is 3.93. The lowest BCUT2D eigenvalue weighted by Crippen LogP contribution is -2.48. The summed E-state index contributed by atoms with van der Waals surface area (Å²) in [6.07, 6.45) is 1.08. The highest BCUT2D eigenvalue weighted by atomic mass is 15.0. The first-order valence-electron chi connectivity index (χ1n) is 8.71. The first-order valence-corrected chi connectivity index (χ1v) is 8.71. The number of rotatable bonds is 6. The van der Waals surface area contributed by atoms with E-state index < -0.39 is 0 Å². The molecule has 0 radical (unpaired) electrons. The van der Waals surface area contributed by atoms with Crippen LogP contribution in [0.1, 0.15) is 37.0 Å². The van der Waals surface area contributed by atoms with E-state index in [2.05, 4.69) is 110 Å². The van der Waals surface area contributed by atoms with Crippen LogP contribution in [0.2, 0.25) is 0 Å². The summed E-state index contributed by atoms with van der Waals surface area (Å²) in [6, 6.07) is 32.6. The van der Waals surface area contributed by atoms with Crippen molar-refractivity contribution in [2.75, 3.05) is 0 Å². The van der Waals surface area contributed by atoms with Crippen LogP contribution in [0, 0.1) is 0 Å².